The van der Waals surface area contributed by atoms with Gasteiger partial charge in [-0.1, -0.05) is 41.4 Å². The number of anilines is 1. The number of hydrogen-bond acceptors (Lipinski definition) is 2. The van der Waals surface area contributed by atoms with Gasteiger partial charge in [0.2, 0.25) is 0 Å². The molecule has 2 N–H and O–H groups in total. The first-order valence-electron chi connectivity index (χ1n) is 6.06. The van der Waals surface area contributed by atoms with Crippen LogP contribution in [0.4, 0.5) is 5.69 Å². The van der Waals surface area contributed by atoms with Gasteiger partial charge in [-0.3, -0.25) is 5.43 Å². The SMILES string of the molecule is Cc1ccc(NC(=S)N/N=C/c2ccc(Cl)cc2)cc1. The molecule has 2 aromatic rings. The highest BCUT2D eigenvalue weighted by Gasteiger charge is 1.95. The Labute approximate surface area is 128 Å². The lowest BCUT2D eigenvalue weighted by molar-refractivity contribution is 1.05. The van der Waals surface area contributed by atoms with Crippen LogP contribution in [-0.2, 0) is 0 Å². The predicted molar refractivity (Wildman–Crippen MR) is 89.6 cm³/mol. The van der Waals surface area contributed by atoms with Crippen LogP contribution in [0.2, 0.25) is 5.02 Å². The quantitative estimate of drug-likeness (QED) is 0.512. The van der Waals surface area contributed by atoms with Crippen LogP contribution in [0.25, 0.3) is 0 Å². The molecule has 3 nitrogen and oxygen atoms in total. The molecule has 0 fully saturated rings. The Morgan fingerprint density at radius 3 is 2.40 bits per heavy atom. The number of nitrogens with one attached hydrogen (secondary N) is 2. The average molecular weight is 304 g/mol. The molecule has 2 rings (SSSR count). The lowest BCUT2D eigenvalue weighted by atomic mass is 10.2. The zero-order valence-electron chi connectivity index (χ0n) is 10.9. The zero-order chi connectivity index (χ0) is 14.4. The van der Waals surface area contributed by atoms with E-state index < -0.39 is 0 Å². The molecule has 0 atom stereocenters. The molecular formula is C15H14ClN3S. The van der Waals surface area contributed by atoms with E-state index >= 15 is 0 Å². The molecule has 2 aromatic carbocycles. The summed E-state index contributed by atoms with van der Waals surface area (Å²) in [6.45, 7) is 2.04. The molecule has 0 heterocycles. The second kappa shape index (κ2) is 7.03. The van der Waals surface area contributed by atoms with Crippen molar-refractivity contribution in [2.24, 2.45) is 5.10 Å². The number of benzene rings is 2. The standard InChI is InChI=1S/C15H14ClN3S/c1-11-2-8-14(9-3-11)18-15(20)19-17-10-12-4-6-13(16)7-5-12/h2-10H,1H3,(H2,18,19,20)/b17-10+. The fourth-order valence-electron chi connectivity index (χ4n) is 1.51. The molecule has 0 unspecified atom stereocenters. The molecule has 0 saturated heterocycles. The van der Waals surface area contributed by atoms with Crippen molar-refractivity contribution in [1.82, 2.24) is 5.43 Å². The maximum atomic E-state index is 5.81. The molecule has 0 radical (unpaired) electrons. The van der Waals surface area contributed by atoms with Crippen molar-refractivity contribution in [2.45, 2.75) is 6.92 Å². The maximum absolute atomic E-state index is 5.81. The smallest absolute Gasteiger partial charge is 0.191 e. The topological polar surface area (TPSA) is 36.4 Å². The summed E-state index contributed by atoms with van der Waals surface area (Å²) in [4.78, 5) is 0. The molecule has 5 heteroatoms. The van der Waals surface area contributed by atoms with Gasteiger partial charge in [-0.05, 0) is 49.0 Å². The predicted octanol–water partition coefficient (Wildman–Crippen LogP) is 3.97. The first-order chi connectivity index (χ1) is 9.63. The highest BCUT2D eigenvalue weighted by molar-refractivity contribution is 7.80. The van der Waals surface area contributed by atoms with E-state index in [2.05, 4.69) is 15.8 Å². The Kier molecular flexibility index (Phi) is 5.09. The number of hydrazone groups is 1. The Hall–Kier alpha value is -1.91. The van der Waals surface area contributed by atoms with Crippen LogP contribution in [0.15, 0.2) is 53.6 Å². The third-order valence-electron chi connectivity index (χ3n) is 2.56. The number of hydrogen-bond donors (Lipinski definition) is 2. The Balaban J connectivity index is 1.85. The number of thiocarbonyl (C=S) groups is 1. The Morgan fingerprint density at radius 1 is 1.10 bits per heavy atom. The summed E-state index contributed by atoms with van der Waals surface area (Å²) in [6, 6.07) is 15.3. The molecular weight excluding hydrogens is 290 g/mol. The van der Waals surface area contributed by atoms with Crippen molar-refractivity contribution in [3.8, 4) is 0 Å². The molecule has 0 bridgehead atoms. The van der Waals surface area contributed by atoms with Crippen molar-refractivity contribution in [2.75, 3.05) is 5.32 Å². The Bertz CT molecular complexity index is 606. The van der Waals surface area contributed by atoms with Crippen LogP contribution in [0.3, 0.4) is 0 Å². The van der Waals surface area contributed by atoms with Gasteiger partial charge < -0.3 is 5.32 Å². The second-order valence-corrected chi connectivity index (χ2v) is 5.09. The van der Waals surface area contributed by atoms with Gasteiger partial charge in [-0.25, -0.2) is 0 Å². The molecule has 0 aliphatic carbocycles. The van der Waals surface area contributed by atoms with E-state index in [9.17, 15) is 0 Å². The fraction of sp³-hybridized carbons (Fsp3) is 0.0667. The van der Waals surface area contributed by atoms with Crippen molar-refractivity contribution in [3.05, 3.63) is 64.7 Å². The first-order valence-corrected chi connectivity index (χ1v) is 6.84. The van der Waals surface area contributed by atoms with Gasteiger partial charge in [0.05, 0.1) is 6.21 Å². The molecule has 0 spiro atoms. The number of halogens is 1. The van der Waals surface area contributed by atoms with Crippen LogP contribution >= 0.6 is 23.8 Å². The summed E-state index contributed by atoms with van der Waals surface area (Å²) in [7, 11) is 0. The van der Waals surface area contributed by atoms with Crippen LogP contribution in [-0.4, -0.2) is 11.3 Å². The normalized spacial score (nSPS) is 10.5. The molecule has 102 valence electrons. The fourth-order valence-corrected chi connectivity index (χ4v) is 1.81. The van der Waals surface area contributed by atoms with Crippen molar-refractivity contribution < 1.29 is 0 Å². The zero-order valence-corrected chi connectivity index (χ0v) is 12.5. The summed E-state index contributed by atoms with van der Waals surface area (Å²) < 4.78 is 0. The largest absolute Gasteiger partial charge is 0.331 e. The van der Waals surface area contributed by atoms with Crippen LogP contribution in [0, 0.1) is 6.92 Å². The van der Waals surface area contributed by atoms with Gasteiger partial charge in [-0.15, -0.1) is 0 Å². The van der Waals surface area contributed by atoms with Gasteiger partial charge in [0.1, 0.15) is 0 Å². The van der Waals surface area contributed by atoms with Gasteiger partial charge in [-0.2, -0.15) is 5.10 Å². The molecule has 20 heavy (non-hydrogen) atoms. The minimum atomic E-state index is 0.444. The number of rotatable bonds is 3. The van der Waals surface area contributed by atoms with E-state index in [0.717, 1.165) is 11.3 Å². The lowest BCUT2D eigenvalue weighted by Crippen LogP contribution is -2.23. The average Bonchev–Trinajstić information content (AvgIpc) is 2.44. The van der Waals surface area contributed by atoms with Crippen LogP contribution in [0.5, 0.6) is 0 Å². The highest BCUT2D eigenvalue weighted by atomic mass is 35.5. The summed E-state index contributed by atoms with van der Waals surface area (Å²) in [6.07, 6.45) is 1.68. The summed E-state index contributed by atoms with van der Waals surface area (Å²) in [5.41, 5.74) is 5.84. The van der Waals surface area contributed by atoms with E-state index in [1.165, 1.54) is 5.56 Å². The van der Waals surface area contributed by atoms with Gasteiger partial charge in [0, 0.05) is 10.7 Å². The molecule has 0 saturated carbocycles. The van der Waals surface area contributed by atoms with E-state index in [0.29, 0.717) is 10.1 Å². The maximum Gasteiger partial charge on any atom is 0.191 e. The summed E-state index contributed by atoms with van der Waals surface area (Å²) in [5, 5.41) is 8.26. The van der Waals surface area contributed by atoms with Crippen molar-refractivity contribution in [3.63, 3.8) is 0 Å². The monoisotopic (exact) mass is 303 g/mol. The van der Waals surface area contributed by atoms with E-state index in [1.54, 1.807) is 6.21 Å². The van der Waals surface area contributed by atoms with Gasteiger partial charge in [0.25, 0.3) is 0 Å². The summed E-state index contributed by atoms with van der Waals surface area (Å²) >= 11 is 11.0. The molecule has 0 amide bonds. The first kappa shape index (κ1) is 14.5. The van der Waals surface area contributed by atoms with E-state index in [-0.39, 0.29) is 0 Å². The van der Waals surface area contributed by atoms with Crippen LogP contribution < -0.4 is 10.7 Å². The molecule has 0 aliphatic rings. The van der Waals surface area contributed by atoms with E-state index in [1.807, 2.05) is 55.5 Å². The number of aryl methyl sites for hydroxylation is 1. The highest BCUT2D eigenvalue weighted by Crippen LogP contribution is 2.09. The Morgan fingerprint density at radius 2 is 1.75 bits per heavy atom. The van der Waals surface area contributed by atoms with Crippen LogP contribution in [0.1, 0.15) is 11.1 Å². The third kappa shape index (κ3) is 4.64. The molecule has 0 aliphatic heterocycles. The molecule has 0 aromatic heterocycles. The third-order valence-corrected chi connectivity index (χ3v) is 3.00. The van der Waals surface area contributed by atoms with Gasteiger partial charge in [0.15, 0.2) is 5.11 Å². The van der Waals surface area contributed by atoms with Crippen molar-refractivity contribution >= 4 is 40.8 Å². The van der Waals surface area contributed by atoms with E-state index in [4.69, 9.17) is 23.8 Å². The summed E-state index contributed by atoms with van der Waals surface area (Å²) in [5.74, 6) is 0. The minimum Gasteiger partial charge on any atom is -0.331 e. The minimum absolute atomic E-state index is 0.444. The number of nitrogens with zero attached hydrogens (tertiary/aromatic N) is 1. The van der Waals surface area contributed by atoms with Crippen molar-refractivity contribution in [1.29, 1.82) is 0 Å². The lowest BCUT2D eigenvalue weighted by Gasteiger charge is -2.06. The van der Waals surface area contributed by atoms with Gasteiger partial charge >= 0.3 is 0 Å². The second-order valence-electron chi connectivity index (χ2n) is 4.24.